The van der Waals surface area contributed by atoms with E-state index in [4.69, 9.17) is 0 Å². The van der Waals surface area contributed by atoms with E-state index in [1.54, 1.807) is 11.1 Å². The average Bonchev–Trinajstić information content (AvgIpc) is 3.17. The van der Waals surface area contributed by atoms with Gasteiger partial charge in [-0.2, -0.15) is 0 Å². The van der Waals surface area contributed by atoms with Crippen molar-refractivity contribution in [2.24, 2.45) is 16.7 Å². The van der Waals surface area contributed by atoms with Crippen molar-refractivity contribution < 1.29 is 5.11 Å². The van der Waals surface area contributed by atoms with Crippen molar-refractivity contribution in [2.45, 2.75) is 53.4 Å². The number of likely N-dealkylation sites (tertiary alicyclic amines) is 2. The zero-order chi connectivity index (χ0) is 20.6. The molecule has 4 rings (SSSR count). The van der Waals surface area contributed by atoms with Crippen LogP contribution in [0.15, 0.2) is 29.3 Å². The molecule has 4 nitrogen and oxygen atoms in total. The van der Waals surface area contributed by atoms with Crippen molar-refractivity contribution in [1.29, 1.82) is 0 Å². The Bertz CT molecular complexity index is 771. The molecule has 0 aromatic carbocycles. The van der Waals surface area contributed by atoms with Crippen LogP contribution in [0.5, 0.6) is 0 Å². The van der Waals surface area contributed by atoms with E-state index in [1.807, 2.05) is 0 Å². The van der Waals surface area contributed by atoms with Crippen LogP contribution in [0.1, 0.15) is 51.4 Å². The lowest BCUT2D eigenvalue weighted by atomic mass is 9.72. The molecular formula is C25H39N3O. The molecule has 0 spiro atoms. The first-order chi connectivity index (χ1) is 13.8. The highest BCUT2D eigenvalue weighted by Gasteiger charge is 2.52. The second-order valence-electron chi connectivity index (χ2n) is 10.6. The van der Waals surface area contributed by atoms with Crippen LogP contribution in [0.3, 0.4) is 0 Å². The number of aliphatic hydroxyl groups excluding tert-OH is 1. The summed E-state index contributed by atoms with van der Waals surface area (Å²) in [6.07, 6.45) is 4.90. The van der Waals surface area contributed by atoms with E-state index in [1.165, 1.54) is 25.0 Å². The minimum absolute atomic E-state index is 0.0628. The van der Waals surface area contributed by atoms with E-state index < -0.39 is 0 Å². The molecule has 3 heterocycles. The van der Waals surface area contributed by atoms with E-state index in [-0.39, 0.29) is 5.41 Å². The van der Waals surface area contributed by atoms with Crippen LogP contribution in [0.25, 0.3) is 0 Å². The largest absolute Gasteiger partial charge is 0.396 e. The predicted octanol–water partition coefficient (Wildman–Crippen LogP) is 3.69. The number of nitrogens with zero attached hydrogens (tertiary/aromatic N) is 3. The van der Waals surface area contributed by atoms with Crippen LogP contribution >= 0.6 is 0 Å². The molecule has 160 valence electrons. The highest BCUT2D eigenvalue weighted by atomic mass is 16.3. The molecule has 2 unspecified atom stereocenters. The summed E-state index contributed by atoms with van der Waals surface area (Å²) in [6.45, 7) is 16.0. The first-order valence-corrected chi connectivity index (χ1v) is 11.5. The van der Waals surface area contributed by atoms with E-state index >= 15 is 0 Å². The number of aryl methyl sites for hydroxylation is 1. The summed E-state index contributed by atoms with van der Waals surface area (Å²) in [5.74, 6) is 0.588. The highest BCUT2D eigenvalue weighted by Crippen LogP contribution is 2.45. The van der Waals surface area contributed by atoms with Gasteiger partial charge in [0.25, 0.3) is 0 Å². The van der Waals surface area contributed by atoms with E-state index in [0.717, 1.165) is 51.4 Å². The van der Waals surface area contributed by atoms with Gasteiger partial charge in [0, 0.05) is 62.5 Å². The van der Waals surface area contributed by atoms with Crippen LogP contribution < -0.4 is 0 Å². The fourth-order valence-electron chi connectivity index (χ4n) is 6.18. The third-order valence-electron chi connectivity index (χ3n) is 7.91. The number of allylic oxidation sites excluding steroid dienone is 1. The Balaban J connectivity index is 1.37. The highest BCUT2D eigenvalue weighted by molar-refractivity contribution is 5.24. The van der Waals surface area contributed by atoms with Gasteiger partial charge in [0.2, 0.25) is 0 Å². The van der Waals surface area contributed by atoms with Crippen molar-refractivity contribution in [3.05, 3.63) is 40.7 Å². The van der Waals surface area contributed by atoms with Crippen molar-refractivity contribution in [3.8, 4) is 0 Å². The van der Waals surface area contributed by atoms with E-state index in [9.17, 15) is 5.11 Å². The molecule has 29 heavy (non-hydrogen) atoms. The number of fused-ring (bicyclic) bond motifs is 1. The molecule has 3 aliphatic rings. The summed E-state index contributed by atoms with van der Waals surface area (Å²) in [6, 6.07) is 6.30. The van der Waals surface area contributed by atoms with Gasteiger partial charge >= 0.3 is 0 Å². The van der Waals surface area contributed by atoms with Gasteiger partial charge in [-0.3, -0.25) is 9.88 Å². The Morgan fingerprint density at radius 3 is 2.59 bits per heavy atom. The van der Waals surface area contributed by atoms with Crippen molar-refractivity contribution in [1.82, 2.24) is 14.8 Å². The van der Waals surface area contributed by atoms with Crippen LogP contribution in [-0.4, -0.2) is 65.8 Å². The second kappa shape index (κ2) is 8.13. The summed E-state index contributed by atoms with van der Waals surface area (Å²) in [7, 11) is 0. The first-order valence-electron chi connectivity index (χ1n) is 11.5. The molecule has 0 bridgehead atoms. The SMILES string of the molecule is CC1=C(CN2CC3CN(CCc4cccc(C)n4)CC3(CO)C2)C(C)(C)CCC1. The molecule has 2 aliphatic heterocycles. The summed E-state index contributed by atoms with van der Waals surface area (Å²) in [5.41, 5.74) is 5.96. The Morgan fingerprint density at radius 1 is 1.14 bits per heavy atom. The van der Waals surface area contributed by atoms with Gasteiger partial charge in [0.05, 0.1) is 6.61 Å². The van der Waals surface area contributed by atoms with Crippen LogP contribution in [-0.2, 0) is 6.42 Å². The molecule has 1 N–H and O–H groups in total. The summed E-state index contributed by atoms with van der Waals surface area (Å²) < 4.78 is 0. The normalized spacial score (nSPS) is 30.2. The zero-order valence-corrected chi connectivity index (χ0v) is 18.9. The Kier molecular flexibility index (Phi) is 5.89. The topological polar surface area (TPSA) is 39.6 Å². The molecule has 1 aliphatic carbocycles. The molecule has 0 saturated carbocycles. The standard InChI is InChI=1S/C25H39N3O/c1-19-7-6-11-24(3,4)23(19)15-28-14-21-13-27(16-25(21,17-28)18-29)12-10-22-9-5-8-20(2)26-22/h5,8-9,21,29H,6-7,10-18H2,1-4H3. The summed E-state index contributed by atoms with van der Waals surface area (Å²) in [5, 5.41) is 10.4. The quantitative estimate of drug-likeness (QED) is 0.743. The maximum atomic E-state index is 10.4. The van der Waals surface area contributed by atoms with Crippen LogP contribution in [0, 0.1) is 23.7 Å². The molecule has 2 atom stereocenters. The van der Waals surface area contributed by atoms with Crippen molar-refractivity contribution in [3.63, 3.8) is 0 Å². The number of hydrogen-bond donors (Lipinski definition) is 1. The van der Waals surface area contributed by atoms with Crippen molar-refractivity contribution >= 4 is 0 Å². The van der Waals surface area contributed by atoms with Gasteiger partial charge in [-0.25, -0.2) is 0 Å². The molecule has 4 heteroatoms. The molecule has 0 amide bonds. The van der Waals surface area contributed by atoms with Crippen molar-refractivity contribution in [2.75, 3.05) is 45.9 Å². The minimum Gasteiger partial charge on any atom is -0.396 e. The third kappa shape index (κ3) is 4.30. The number of pyridine rings is 1. The minimum atomic E-state index is 0.0628. The lowest BCUT2D eigenvalue weighted by Gasteiger charge is -2.37. The monoisotopic (exact) mass is 397 g/mol. The Morgan fingerprint density at radius 2 is 1.90 bits per heavy atom. The van der Waals surface area contributed by atoms with Crippen LogP contribution in [0.4, 0.5) is 0 Å². The fraction of sp³-hybridized carbons (Fsp3) is 0.720. The smallest absolute Gasteiger partial charge is 0.0515 e. The molecule has 2 saturated heterocycles. The Labute approximate surface area is 177 Å². The average molecular weight is 398 g/mol. The lowest BCUT2D eigenvalue weighted by Crippen LogP contribution is -2.39. The first kappa shape index (κ1) is 21.0. The van der Waals surface area contributed by atoms with Gasteiger partial charge in [-0.05, 0) is 56.6 Å². The van der Waals surface area contributed by atoms with Gasteiger partial charge < -0.3 is 10.0 Å². The molecule has 1 aromatic heterocycles. The lowest BCUT2D eigenvalue weighted by molar-refractivity contribution is 0.113. The summed E-state index contributed by atoms with van der Waals surface area (Å²) >= 11 is 0. The van der Waals surface area contributed by atoms with Gasteiger partial charge in [0.1, 0.15) is 0 Å². The maximum absolute atomic E-state index is 10.4. The van der Waals surface area contributed by atoms with Crippen LogP contribution in [0.2, 0.25) is 0 Å². The number of aliphatic hydroxyl groups is 1. The van der Waals surface area contributed by atoms with E-state index in [2.05, 4.69) is 60.7 Å². The molecule has 0 radical (unpaired) electrons. The molecular weight excluding hydrogens is 358 g/mol. The number of rotatable bonds is 6. The number of aromatic nitrogens is 1. The second-order valence-corrected chi connectivity index (χ2v) is 10.6. The zero-order valence-electron chi connectivity index (χ0n) is 18.9. The maximum Gasteiger partial charge on any atom is 0.0515 e. The van der Waals surface area contributed by atoms with Gasteiger partial charge in [0.15, 0.2) is 0 Å². The molecule has 1 aromatic rings. The number of hydrogen-bond acceptors (Lipinski definition) is 4. The fourth-order valence-corrected chi connectivity index (χ4v) is 6.18. The van der Waals surface area contributed by atoms with E-state index in [0.29, 0.717) is 17.9 Å². The molecule has 2 fully saturated rings. The van der Waals surface area contributed by atoms with Gasteiger partial charge in [-0.15, -0.1) is 0 Å². The summed E-state index contributed by atoms with van der Waals surface area (Å²) in [4.78, 5) is 9.86. The third-order valence-corrected chi connectivity index (χ3v) is 7.91. The van der Waals surface area contributed by atoms with Gasteiger partial charge in [-0.1, -0.05) is 31.1 Å². The predicted molar refractivity (Wildman–Crippen MR) is 119 cm³/mol. The Hall–Kier alpha value is -1.23.